The van der Waals surface area contributed by atoms with Crippen LogP contribution in [0, 0.1) is 6.92 Å². The van der Waals surface area contributed by atoms with Crippen LogP contribution in [0.1, 0.15) is 21.6 Å². The molecule has 0 fully saturated rings. The van der Waals surface area contributed by atoms with Crippen molar-refractivity contribution in [1.29, 1.82) is 0 Å². The van der Waals surface area contributed by atoms with Crippen LogP contribution in [0.3, 0.4) is 0 Å². The molecule has 0 atom stereocenters. The molecule has 0 saturated carbocycles. The number of rotatable bonds is 2. The lowest BCUT2D eigenvalue weighted by molar-refractivity contribution is 0.0692. The van der Waals surface area contributed by atoms with E-state index in [0.717, 1.165) is 5.39 Å². The Hall–Kier alpha value is -1.94. The van der Waals surface area contributed by atoms with E-state index in [1.807, 2.05) is 18.2 Å². The minimum Gasteiger partial charge on any atom is -0.478 e. The first-order valence-electron chi connectivity index (χ1n) is 4.87. The van der Waals surface area contributed by atoms with Crippen molar-refractivity contribution < 1.29 is 15.0 Å². The third-order valence-corrected chi connectivity index (χ3v) is 2.59. The monoisotopic (exact) mass is 217 g/mol. The number of nitrogens with zero attached hydrogens (tertiary/aromatic N) is 1. The minimum atomic E-state index is -1.06. The van der Waals surface area contributed by atoms with Gasteiger partial charge in [-0.3, -0.25) is 0 Å². The van der Waals surface area contributed by atoms with Crippen LogP contribution in [-0.2, 0) is 6.61 Å². The van der Waals surface area contributed by atoms with Gasteiger partial charge in [-0.2, -0.15) is 0 Å². The Labute approximate surface area is 92.2 Å². The standard InChI is InChI=1S/C12H11NO3/c1-7-8-4-2-3-5-9(8)13-10(6-14)11(7)12(15)16/h2-5,14H,6H2,1H3,(H,15,16). The zero-order valence-electron chi connectivity index (χ0n) is 8.77. The van der Waals surface area contributed by atoms with E-state index in [1.54, 1.807) is 13.0 Å². The van der Waals surface area contributed by atoms with Gasteiger partial charge < -0.3 is 10.2 Å². The topological polar surface area (TPSA) is 70.4 Å². The summed E-state index contributed by atoms with van der Waals surface area (Å²) in [5.41, 5.74) is 1.65. The van der Waals surface area contributed by atoms with Gasteiger partial charge in [0, 0.05) is 5.39 Å². The summed E-state index contributed by atoms with van der Waals surface area (Å²) in [4.78, 5) is 15.2. The van der Waals surface area contributed by atoms with Crippen LogP contribution in [0.15, 0.2) is 24.3 Å². The number of pyridine rings is 1. The Balaban J connectivity index is 2.87. The van der Waals surface area contributed by atoms with E-state index in [2.05, 4.69) is 4.98 Å². The van der Waals surface area contributed by atoms with Gasteiger partial charge in [0.2, 0.25) is 0 Å². The third kappa shape index (κ3) is 1.53. The lowest BCUT2D eigenvalue weighted by Crippen LogP contribution is -2.08. The van der Waals surface area contributed by atoms with E-state index in [1.165, 1.54) is 0 Å². The fraction of sp³-hybridized carbons (Fsp3) is 0.167. The van der Waals surface area contributed by atoms with Crippen molar-refractivity contribution >= 4 is 16.9 Å². The summed E-state index contributed by atoms with van der Waals surface area (Å²) in [7, 11) is 0. The zero-order chi connectivity index (χ0) is 11.7. The Morgan fingerprint density at radius 3 is 2.69 bits per heavy atom. The van der Waals surface area contributed by atoms with Gasteiger partial charge in [0.1, 0.15) is 0 Å². The molecule has 1 aromatic heterocycles. The number of para-hydroxylation sites is 1. The van der Waals surface area contributed by atoms with Crippen molar-refractivity contribution in [3.8, 4) is 0 Å². The summed E-state index contributed by atoms with van der Waals surface area (Å²) in [6.45, 7) is 1.36. The zero-order valence-corrected chi connectivity index (χ0v) is 8.77. The molecule has 4 heteroatoms. The lowest BCUT2D eigenvalue weighted by atomic mass is 10.0. The molecule has 0 aliphatic rings. The Morgan fingerprint density at radius 2 is 2.06 bits per heavy atom. The first-order chi connectivity index (χ1) is 7.65. The first kappa shape index (κ1) is 10.6. The maximum atomic E-state index is 11.1. The van der Waals surface area contributed by atoms with E-state index < -0.39 is 5.97 Å². The average Bonchev–Trinajstić information content (AvgIpc) is 2.28. The molecule has 0 unspecified atom stereocenters. The molecule has 16 heavy (non-hydrogen) atoms. The summed E-state index contributed by atoms with van der Waals surface area (Å²) in [5.74, 6) is -1.06. The Bertz CT molecular complexity index is 563. The molecular weight excluding hydrogens is 206 g/mol. The maximum Gasteiger partial charge on any atom is 0.337 e. The molecule has 0 radical (unpaired) electrons. The largest absolute Gasteiger partial charge is 0.478 e. The number of carboxylic acids is 1. The fourth-order valence-corrected chi connectivity index (χ4v) is 1.84. The van der Waals surface area contributed by atoms with E-state index in [-0.39, 0.29) is 17.9 Å². The van der Waals surface area contributed by atoms with Gasteiger partial charge in [0.05, 0.1) is 23.4 Å². The SMILES string of the molecule is Cc1c(C(=O)O)c(CO)nc2ccccc12. The fourth-order valence-electron chi connectivity index (χ4n) is 1.84. The van der Waals surface area contributed by atoms with Gasteiger partial charge in [-0.1, -0.05) is 18.2 Å². The molecule has 0 spiro atoms. The van der Waals surface area contributed by atoms with Crippen molar-refractivity contribution in [2.24, 2.45) is 0 Å². The predicted molar refractivity (Wildman–Crippen MR) is 59.4 cm³/mol. The quantitative estimate of drug-likeness (QED) is 0.803. The molecule has 0 aliphatic carbocycles. The average molecular weight is 217 g/mol. The smallest absolute Gasteiger partial charge is 0.337 e. The third-order valence-electron chi connectivity index (χ3n) is 2.59. The molecule has 2 aromatic rings. The molecule has 2 N–H and O–H groups in total. The van der Waals surface area contributed by atoms with Crippen LogP contribution >= 0.6 is 0 Å². The lowest BCUT2D eigenvalue weighted by Gasteiger charge is -2.09. The second-order valence-corrected chi connectivity index (χ2v) is 3.54. The van der Waals surface area contributed by atoms with Gasteiger partial charge in [-0.05, 0) is 18.6 Å². The van der Waals surface area contributed by atoms with Crippen molar-refractivity contribution in [3.63, 3.8) is 0 Å². The normalized spacial score (nSPS) is 10.6. The van der Waals surface area contributed by atoms with Crippen LogP contribution in [0.4, 0.5) is 0 Å². The van der Waals surface area contributed by atoms with Gasteiger partial charge in [0.15, 0.2) is 0 Å². The summed E-state index contributed by atoms with van der Waals surface area (Å²) >= 11 is 0. The number of hydrogen-bond acceptors (Lipinski definition) is 3. The number of aliphatic hydroxyl groups is 1. The highest BCUT2D eigenvalue weighted by Crippen LogP contribution is 2.22. The maximum absolute atomic E-state index is 11.1. The highest BCUT2D eigenvalue weighted by molar-refractivity contribution is 5.97. The molecule has 82 valence electrons. The minimum absolute atomic E-state index is 0.0983. The van der Waals surface area contributed by atoms with Gasteiger partial charge in [-0.25, -0.2) is 9.78 Å². The highest BCUT2D eigenvalue weighted by Gasteiger charge is 2.16. The number of benzene rings is 1. The molecule has 0 bridgehead atoms. The number of aromatic nitrogens is 1. The van der Waals surface area contributed by atoms with E-state index in [0.29, 0.717) is 11.1 Å². The van der Waals surface area contributed by atoms with Crippen molar-refractivity contribution in [2.75, 3.05) is 0 Å². The van der Waals surface area contributed by atoms with E-state index in [4.69, 9.17) is 10.2 Å². The molecule has 1 aromatic carbocycles. The summed E-state index contributed by atoms with van der Waals surface area (Å²) < 4.78 is 0. The van der Waals surface area contributed by atoms with Crippen LogP contribution in [0.2, 0.25) is 0 Å². The molecule has 0 saturated heterocycles. The van der Waals surface area contributed by atoms with Gasteiger partial charge in [0.25, 0.3) is 0 Å². The Morgan fingerprint density at radius 1 is 1.38 bits per heavy atom. The molecular formula is C12H11NO3. The number of aryl methyl sites for hydroxylation is 1. The molecule has 1 heterocycles. The molecule has 4 nitrogen and oxygen atoms in total. The van der Waals surface area contributed by atoms with E-state index >= 15 is 0 Å². The van der Waals surface area contributed by atoms with Crippen molar-refractivity contribution in [2.45, 2.75) is 13.5 Å². The Kier molecular flexibility index (Phi) is 2.58. The highest BCUT2D eigenvalue weighted by atomic mass is 16.4. The van der Waals surface area contributed by atoms with Gasteiger partial charge in [-0.15, -0.1) is 0 Å². The summed E-state index contributed by atoms with van der Waals surface area (Å²) in [6, 6.07) is 7.29. The first-order valence-corrected chi connectivity index (χ1v) is 4.87. The molecule has 0 aliphatic heterocycles. The van der Waals surface area contributed by atoms with E-state index in [9.17, 15) is 4.79 Å². The van der Waals surface area contributed by atoms with Crippen LogP contribution in [0.25, 0.3) is 10.9 Å². The summed E-state index contributed by atoms with van der Waals surface area (Å²) in [5, 5.41) is 19.0. The predicted octanol–water partition coefficient (Wildman–Crippen LogP) is 1.73. The van der Waals surface area contributed by atoms with Crippen molar-refractivity contribution in [1.82, 2.24) is 4.98 Å². The molecule has 0 amide bonds. The van der Waals surface area contributed by atoms with Crippen LogP contribution in [0.5, 0.6) is 0 Å². The number of hydrogen-bond donors (Lipinski definition) is 2. The second-order valence-electron chi connectivity index (χ2n) is 3.54. The van der Waals surface area contributed by atoms with Crippen LogP contribution in [-0.4, -0.2) is 21.2 Å². The number of fused-ring (bicyclic) bond motifs is 1. The van der Waals surface area contributed by atoms with Gasteiger partial charge >= 0.3 is 5.97 Å². The summed E-state index contributed by atoms with van der Waals surface area (Å²) in [6.07, 6.45) is 0. The van der Waals surface area contributed by atoms with Crippen molar-refractivity contribution in [3.05, 3.63) is 41.1 Å². The number of carboxylic acid groups (broad SMARTS) is 1. The number of aromatic carboxylic acids is 1. The number of carbonyl (C=O) groups is 1. The second kappa shape index (κ2) is 3.90. The van der Waals surface area contributed by atoms with Crippen LogP contribution < -0.4 is 0 Å². The number of aliphatic hydroxyl groups excluding tert-OH is 1. The molecule has 2 rings (SSSR count).